The molecule has 0 unspecified atom stereocenters. The van der Waals surface area contributed by atoms with Gasteiger partial charge in [0.2, 0.25) is 0 Å². The molecule has 0 fully saturated rings. The number of ketones is 2. The van der Waals surface area contributed by atoms with Crippen LogP contribution >= 0.6 is 23.2 Å². The van der Waals surface area contributed by atoms with Crippen molar-refractivity contribution in [3.63, 3.8) is 0 Å². The second-order valence-corrected chi connectivity index (χ2v) is 6.95. The maximum Gasteiger partial charge on any atom is 0.185 e. The van der Waals surface area contributed by atoms with Crippen LogP contribution in [-0.4, -0.2) is 11.6 Å². The predicted octanol–water partition coefficient (Wildman–Crippen LogP) is 6.79. The van der Waals surface area contributed by atoms with Crippen molar-refractivity contribution in [2.75, 3.05) is 0 Å². The molecule has 3 aromatic carbocycles. The number of carbonyl (C=O) groups excluding carboxylic acids is 2. The fourth-order valence-electron chi connectivity index (χ4n) is 2.53. The highest BCUT2D eigenvalue weighted by molar-refractivity contribution is 6.31. The van der Waals surface area contributed by atoms with Crippen LogP contribution in [-0.2, 0) is 0 Å². The van der Waals surface area contributed by atoms with E-state index in [0.717, 1.165) is 11.1 Å². The summed E-state index contributed by atoms with van der Waals surface area (Å²) in [4.78, 5) is 24.4. The number of rotatable bonds is 6. The van der Waals surface area contributed by atoms with Gasteiger partial charge in [-0.15, -0.1) is 0 Å². The van der Waals surface area contributed by atoms with Crippen molar-refractivity contribution in [3.05, 3.63) is 117 Å². The van der Waals surface area contributed by atoms with Gasteiger partial charge in [0, 0.05) is 21.2 Å². The summed E-state index contributed by atoms with van der Waals surface area (Å²) >= 11 is 11.7. The third-order valence-corrected chi connectivity index (χ3v) is 4.53. The largest absolute Gasteiger partial charge is 0.289 e. The molecule has 28 heavy (non-hydrogen) atoms. The number of carbonyl (C=O) groups is 2. The molecule has 0 spiro atoms. The van der Waals surface area contributed by atoms with Gasteiger partial charge < -0.3 is 0 Å². The average Bonchev–Trinajstić information content (AvgIpc) is 2.71. The minimum atomic E-state index is -0.101. The van der Waals surface area contributed by atoms with E-state index in [2.05, 4.69) is 0 Å². The Hall–Kier alpha value is -2.94. The molecule has 0 heterocycles. The molecular weight excluding hydrogens is 391 g/mol. The smallest absolute Gasteiger partial charge is 0.185 e. The Morgan fingerprint density at radius 3 is 1.39 bits per heavy atom. The molecule has 0 aromatic heterocycles. The maximum atomic E-state index is 12.2. The quantitative estimate of drug-likeness (QED) is 0.333. The molecule has 4 heteroatoms. The van der Waals surface area contributed by atoms with E-state index in [1.165, 1.54) is 12.2 Å². The second-order valence-electron chi connectivity index (χ2n) is 6.08. The average molecular weight is 407 g/mol. The van der Waals surface area contributed by atoms with Crippen LogP contribution in [0.2, 0.25) is 10.0 Å². The van der Waals surface area contributed by atoms with Crippen molar-refractivity contribution in [1.29, 1.82) is 0 Å². The standard InChI is InChI=1S/C24H16Cl2O2/c25-21-10-6-19(7-11-21)23(27)14-4-17-2-1-3-18(16-17)5-15-24(28)20-8-12-22(26)13-9-20/h1-16H. The Balaban J connectivity index is 1.69. The monoisotopic (exact) mass is 406 g/mol. The summed E-state index contributed by atoms with van der Waals surface area (Å²) in [5.41, 5.74) is 2.88. The minimum Gasteiger partial charge on any atom is -0.289 e. The predicted molar refractivity (Wildman–Crippen MR) is 116 cm³/mol. The third-order valence-electron chi connectivity index (χ3n) is 4.02. The Labute approximate surface area is 173 Å². The van der Waals surface area contributed by atoms with Crippen LogP contribution < -0.4 is 0 Å². The first kappa shape index (κ1) is 19.8. The zero-order valence-corrected chi connectivity index (χ0v) is 16.3. The SMILES string of the molecule is O=C(C=Cc1cccc(C=CC(=O)c2ccc(Cl)cc2)c1)c1ccc(Cl)cc1. The number of hydrogen-bond acceptors (Lipinski definition) is 2. The summed E-state index contributed by atoms with van der Waals surface area (Å²) in [6.45, 7) is 0. The normalized spacial score (nSPS) is 11.2. The van der Waals surface area contributed by atoms with Gasteiger partial charge in [-0.3, -0.25) is 9.59 Å². The van der Waals surface area contributed by atoms with E-state index >= 15 is 0 Å². The van der Waals surface area contributed by atoms with Gasteiger partial charge in [-0.25, -0.2) is 0 Å². The van der Waals surface area contributed by atoms with Gasteiger partial charge in [-0.1, -0.05) is 53.6 Å². The first-order valence-electron chi connectivity index (χ1n) is 8.57. The lowest BCUT2D eigenvalue weighted by molar-refractivity contribution is 0.103. The van der Waals surface area contributed by atoms with E-state index in [0.29, 0.717) is 21.2 Å². The second kappa shape index (κ2) is 9.32. The molecule has 138 valence electrons. The van der Waals surface area contributed by atoms with E-state index in [1.54, 1.807) is 60.7 Å². The van der Waals surface area contributed by atoms with Crippen molar-refractivity contribution in [1.82, 2.24) is 0 Å². The van der Waals surface area contributed by atoms with Gasteiger partial charge in [-0.05, 0) is 77.9 Å². The van der Waals surface area contributed by atoms with Crippen molar-refractivity contribution >= 4 is 46.9 Å². The Morgan fingerprint density at radius 1 is 0.607 bits per heavy atom. The van der Waals surface area contributed by atoms with Crippen molar-refractivity contribution in [3.8, 4) is 0 Å². The van der Waals surface area contributed by atoms with Crippen LogP contribution in [0, 0.1) is 0 Å². The molecule has 3 rings (SSSR count). The fourth-order valence-corrected chi connectivity index (χ4v) is 2.78. The summed E-state index contributed by atoms with van der Waals surface area (Å²) in [5, 5.41) is 1.18. The lowest BCUT2D eigenvalue weighted by Gasteiger charge is -1.99. The van der Waals surface area contributed by atoms with Gasteiger partial charge >= 0.3 is 0 Å². The third kappa shape index (κ3) is 5.53. The lowest BCUT2D eigenvalue weighted by atomic mass is 10.1. The van der Waals surface area contributed by atoms with Gasteiger partial charge in [0.1, 0.15) is 0 Å². The van der Waals surface area contributed by atoms with Crippen molar-refractivity contribution in [2.24, 2.45) is 0 Å². The highest BCUT2D eigenvalue weighted by atomic mass is 35.5. The van der Waals surface area contributed by atoms with Crippen LogP contribution in [0.3, 0.4) is 0 Å². The highest BCUT2D eigenvalue weighted by Crippen LogP contribution is 2.14. The topological polar surface area (TPSA) is 34.1 Å². The number of benzene rings is 3. The molecule has 0 N–H and O–H groups in total. The zero-order valence-electron chi connectivity index (χ0n) is 14.8. The summed E-state index contributed by atoms with van der Waals surface area (Å²) in [7, 11) is 0. The molecule has 0 amide bonds. The summed E-state index contributed by atoms with van der Waals surface area (Å²) in [6.07, 6.45) is 6.53. The van der Waals surface area contributed by atoms with E-state index < -0.39 is 0 Å². The molecule has 0 aliphatic carbocycles. The Morgan fingerprint density at radius 2 is 1.00 bits per heavy atom. The van der Waals surface area contributed by atoms with E-state index in [1.807, 2.05) is 24.3 Å². The van der Waals surface area contributed by atoms with Crippen molar-refractivity contribution in [2.45, 2.75) is 0 Å². The number of halogens is 2. The summed E-state index contributed by atoms with van der Waals surface area (Å²) in [5.74, 6) is -0.203. The van der Waals surface area contributed by atoms with E-state index in [4.69, 9.17) is 23.2 Å². The molecule has 0 saturated heterocycles. The van der Waals surface area contributed by atoms with Crippen molar-refractivity contribution < 1.29 is 9.59 Å². The zero-order chi connectivity index (χ0) is 19.9. The Kier molecular flexibility index (Phi) is 6.59. The van der Waals surface area contributed by atoms with Crippen LogP contribution in [0.25, 0.3) is 12.2 Å². The van der Waals surface area contributed by atoms with Gasteiger partial charge in [0.05, 0.1) is 0 Å². The molecule has 2 nitrogen and oxygen atoms in total. The highest BCUT2D eigenvalue weighted by Gasteiger charge is 2.02. The summed E-state index contributed by atoms with van der Waals surface area (Å²) < 4.78 is 0. The molecule has 0 saturated carbocycles. The molecule has 0 aliphatic rings. The summed E-state index contributed by atoms with van der Waals surface area (Å²) in [6, 6.07) is 21.1. The van der Waals surface area contributed by atoms with Crippen LogP contribution in [0.15, 0.2) is 84.9 Å². The molecule has 0 radical (unpaired) electrons. The van der Waals surface area contributed by atoms with Gasteiger partial charge in [0.25, 0.3) is 0 Å². The van der Waals surface area contributed by atoms with Gasteiger partial charge in [0.15, 0.2) is 11.6 Å². The number of hydrogen-bond donors (Lipinski definition) is 0. The van der Waals surface area contributed by atoms with E-state index in [9.17, 15) is 9.59 Å². The molecule has 0 atom stereocenters. The molecular formula is C24H16Cl2O2. The van der Waals surface area contributed by atoms with Crippen LogP contribution in [0.5, 0.6) is 0 Å². The molecule has 0 bridgehead atoms. The van der Waals surface area contributed by atoms with Crippen LogP contribution in [0.4, 0.5) is 0 Å². The fraction of sp³-hybridized carbons (Fsp3) is 0. The van der Waals surface area contributed by atoms with E-state index in [-0.39, 0.29) is 11.6 Å². The minimum absolute atomic E-state index is 0.101. The maximum absolute atomic E-state index is 12.2. The Bertz CT molecular complexity index is 964. The molecule has 0 aliphatic heterocycles. The molecule has 3 aromatic rings. The first-order valence-corrected chi connectivity index (χ1v) is 9.33. The first-order chi connectivity index (χ1) is 13.5. The van der Waals surface area contributed by atoms with Gasteiger partial charge in [-0.2, -0.15) is 0 Å². The number of allylic oxidation sites excluding steroid dienone is 2. The van der Waals surface area contributed by atoms with Crippen LogP contribution in [0.1, 0.15) is 31.8 Å². The lowest BCUT2D eigenvalue weighted by Crippen LogP contribution is -1.93.